The van der Waals surface area contributed by atoms with Crippen LogP contribution in [0.4, 0.5) is 5.82 Å². The number of hydrogen-bond acceptors (Lipinski definition) is 7. The van der Waals surface area contributed by atoms with Crippen LogP contribution in [0.5, 0.6) is 6.01 Å². The van der Waals surface area contributed by atoms with E-state index in [-0.39, 0.29) is 0 Å². The molecule has 142 valence electrons. The summed E-state index contributed by atoms with van der Waals surface area (Å²) in [7, 11) is 1.62. The largest absolute Gasteiger partial charge is 0.467 e. The Morgan fingerprint density at radius 1 is 1.07 bits per heavy atom. The summed E-state index contributed by atoms with van der Waals surface area (Å²) in [5, 5.41) is 4.48. The maximum absolute atomic E-state index is 5.46. The van der Waals surface area contributed by atoms with E-state index in [0.717, 1.165) is 63.7 Å². The molecule has 5 rings (SSSR count). The fourth-order valence-electron chi connectivity index (χ4n) is 3.75. The number of benzene rings is 1. The summed E-state index contributed by atoms with van der Waals surface area (Å²) < 4.78 is 6.54. The molecule has 1 saturated heterocycles. The molecule has 1 aromatic carbocycles. The molecular formula is C21H21N5OS. The van der Waals surface area contributed by atoms with Gasteiger partial charge in [0, 0.05) is 37.3 Å². The van der Waals surface area contributed by atoms with Gasteiger partial charge >= 0.3 is 6.01 Å². The minimum Gasteiger partial charge on any atom is -0.467 e. The summed E-state index contributed by atoms with van der Waals surface area (Å²) in [6, 6.07) is 13.0. The highest BCUT2D eigenvalue weighted by atomic mass is 32.1. The SMILES string of the molecule is COc1nc(N2CCNCC2)c2sc3nc(C)cc(-c4ccccc4)c3c2n1. The van der Waals surface area contributed by atoms with E-state index in [9.17, 15) is 0 Å². The lowest BCUT2D eigenvalue weighted by atomic mass is 10.0. The molecule has 1 fully saturated rings. The van der Waals surface area contributed by atoms with Crippen molar-refractivity contribution < 1.29 is 4.74 Å². The molecule has 1 aliphatic heterocycles. The molecule has 3 aromatic heterocycles. The Kier molecular flexibility index (Phi) is 4.33. The fourth-order valence-corrected chi connectivity index (χ4v) is 4.96. The smallest absolute Gasteiger partial charge is 0.318 e. The van der Waals surface area contributed by atoms with Crippen molar-refractivity contribution in [1.29, 1.82) is 0 Å². The number of thiophene rings is 1. The maximum Gasteiger partial charge on any atom is 0.318 e. The highest BCUT2D eigenvalue weighted by molar-refractivity contribution is 7.26. The van der Waals surface area contributed by atoms with Gasteiger partial charge in [-0.05, 0) is 24.1 Å². The van der Waals surface area contributed by atoms with E-state index in [2.05, 4.69) is 40.5 Å². The van der Waals surface area contributed by atoms with Gasteiger partial charge in [-0.3, -0.25) is 0 Å². The number of hydrogen-bond donors (Lipinski definition) is 1. The number of rotatable bonds is 3. The minimum absolute atomic E-state index is 0.403. The first-order chi connectivity index (χ1) is 13.7. The van der Waals surface area contributed by atoms with Crippen LogP contribution in [0.25, 0.3) is 31.6 Å². The number of ether oxygens (including phenoxy) is 1. The lowest BCUT2D eigenvalue weighted by Gasteiger charge is -2.28. The van der Waals surface area contributed by atoms with Crippen LogP contribution in [-0.2, 0) is 0 Å². The second-order valence-electron chi connectivity index (χ2n) is 6.91. The summed E-state index contributed by atoms with van der Waals surface area (Å²) in [6.45, 7) is 5.78. The van der Waals surface area contributed by atoms with Gasteiger partial charge in [-0.25, -0.2) is 4.98 Å². The van der Waals surface area contributed by atoms with Crippen molar-refractivity contribution in [3.8, 4) is 17.1 Å². The number of nitrogens with one attached hydrogen (secondary N) is 1. The molecule has 0 saturated carbocycles. The number of fused-ring (bicyclic) bond motifs is 3. The number of aromatic nitrogens is 3. The van der Waals surface area contributed by atoms with Crippen molar-refractivity contribution >= 4 is 37.6 Å². The van der Waals surface area contributed by atoms with E-state index >= 15 is 0 Å². The van der Waals surface area contributed by atoms with E-state index in [1.807, 2.05) is 13.0 Å². The summed E-state index contributed by atoms with van der Waals surface area (Å²) in [5.41, 5.74) is 4.24. The average Bonchev–Trinajstić information content (AvgIpc) is 3.11. The first-order valence-corrected chi connectivity index (χ1v) is 10.2. The van der Waals surface area contributed by atoms with Gasteiger partial charge in [-0.2, -0.15) is 9.97 Å². The van der Waals surface area contributed by atoms with Gasteiger partial charge in [0.1, 0.15) is 10.3 Å². The van der Waals surface area contributed by atoms with Crippen LogP contribution in [0.1, 0.15) is 5.69 Å². The van der Waals surface area contributed by atoms with Crippen molar-refractivity contribution in [2.45, 2.75) is 6.92 Å². The number of anilines is 1. The molecule has 7 heteroatoms. The molecule has 0 aliphatic carbocycles. The topological polar surface area (TPSA) is 63.2 Å². The van der Waals surface area contributed by atoms with E-state index in [4.69, 9.17) is 19.7 Å². The molecular weight excluding hydrogens is 370 g/mol. The Hall–Kier alpha value is -2.77. The highest BCUT2D eigenvalue weighted by Crippen LogP contribution is 2.42. The molecule has 1 N–H and O–H groups in total. The van der Waals surface area contributed by atoms with Gasteiger partial charge < -0.3 is 15.0 Å². The molecule has 0 spiro atoms. The summed E-state index contributed by atoms with van der Waals surface area (Å²) in [5.74, 6) is 0.947. The van der Waals surface area contributed by atoms with Crippen molar-refractivity contribution in [3.05, 3.63) is 42.1 Å². The van der Waals surface area contributed by atoms with Gasteiger partial charge in [-0.1, -0.05) is 30.3 Å². The minimum atomic E-state index is 0.403. The van der Waals surface area contributed by atoms with Gasteiger partial charge in [-0.15, -0.1) is 11.3 Å². The van der Waals surface area contributed by atoms with Crippen molar-refractivity contribution in [1.82, 2.24) is 20.3 Å². The third-order valence-corrected chi connectivity index (χ3v) is 6.13. The van der Waals surface area contributed by atoms with Crippen LogP contribution in [0, 0.1) is 6.92 Å². The lowest BCUT2D eigenvalue weighted by Crippen LogP contribution is -2.44. The number of nitrogens with zero attached hydrogens (tertiary/aromatic N) is 4. The van der Waals surface area contributed by atoms with Crippen LogP contribution in [0.3, 0.4) is 0 Å². The Bertz CT molecular complexity index is 1150. The normalized spacial score (nSPS) is 14.7. The Balaban J connectivity index is 1.84. The van der Waals surface area contributed by atoms with Crippen LogP contribution in [0.15, 0.2) is 36.4 Å². The maximum atomic E-state index is 5.46. The van der Waals surface area contributed by atoms with Gasteiger partial charge in [0.15, 0.2) is 5.82 Å². The first-order valence-electron chi connectivity index (χ1n) is 9.41. The van der Waals surface area contributed by atoms with Crippen molar-refractivity contribution in [2.75, 3.05) is 38.2 Å². The second-order valence-corrected chi connectivity index (χ2v) is 7.91. The number of methoxy groups -OCH3 is 1. The molecule has 0 radical (unpaired) electrons. The van der Waals surface area contributed by atoms with Crippen molar-refractivity contribution in [2.24, 2.45) is 0 Å². The van der Waals surface area contributed by atoms with E-state index in [1.54, 1.807) is 18.4 Å². The standard InChI is InChI=1S/C21H21N5OS/c1-13-12-15(14-6-4-3-5-7-14)16-17-18(28-20(16)23-13)19(25-21(24-17)27-2)26-10-8-22-9-11-26/h3-7,12,22H,8-11H2,1-2H3. The number of pyridine rings is 1. The molecule has 1 aliphatic rings. The van der Waals surface area contributed by atoms with Crippen LogP contribution in [0.2, 0.25) is 0 Å². The van der Waals surface area contributed by atoms with Gasteiger partial charge in [0.2, 0.25) is 0 Å². The predicted octanol–water partition coefficient (Wildman–Crippen LogP) is 3.63. The summed E-state index contributed by atoms with van der Waals surface area (Å²) >= 11 is 1.67. The monoisotopic (exact) mass is 391 g/mol. The quantitative estimate of drug-likeness (QED) is 0.575. The Morgan fingerprint density at radius 3 is 2.61 bits per heavy atom. The molecule has 28 heavy (non-hydrogen) atoms. The van der Waals surface area contributed by atoms with Gasteiger partial charge in [0.05, 0.1) is 11.8 Å². The zero-order chi connectivity index (χ0) is 19.1. The lowest BCUT2D eigenvalue weighted by molar-refractivity contribution is 0.381. The molecule has 4 aromatic rings. The summed E-state index contributed by atoms with van der Waals surface area (Å²) in [6.07, 6.45) is 0. The second kappa shape index (κ2) is 7.00. The molecule has 0 unspecified atom stereocenters. The zero-order valence-electron chi connectivity index (χ0n) is 15.9. The summed E-state index contributed by atoms with van der Waals surface area (Å²) in [4.78, 5) is 17.6. The van der Waals surface area contributed by atoms with E-state index in [1.165, 1.54) is 5.56 Å². The Morgan fingerprint density at radius 2 is 1.86 bits per heavy atom. The van der Waals surface area contributed by atoms with E-state index in [0.29, 0.717) is 6.01 Å². The molecule has 0 atom stereocenters. The average molecular weight is 392 g/mol. The van der Waals surface area contributed by atoms with Crippen LogP contribution in [-0.4, -0.2) is 48.2 Å². The number of aryl methyl sites for hydroxylation is 1. The third kappa shape index (κ3) is 2.87. The molecule has 6 nitrogen and oxygen atoms in total. The van der Waals surface area contributed by atoms with Crippen LogP contribution >= 0.6 is 11.3 Å². The molecule has 0 bridgehead atoms. The van der Waals surface area contributed by atoms with Crippen LogP contribution < -0.4 is 15.0 Å². The first kappa shape index (κ1) is 17.3. The predicted molar refractivity (Wildman–Crippen MR) is 115 cm³/mol. The van der Waals surface area contributed by atoms with E-state index < -0.39 is 0 Å². The molecule has 4 heterocycles. The van der Waals surface area contributed by atoms with Gasteiger partial charge in [0.25, 0.3) is 0 Å². The zero-order valence-corrected chi connectivity index (χ0v) is 16.7. The third-order valence-electron chi connectivity index (χ3n) is 5.06. The molecule has 0 amide bonds. The Labute approximate surface area is 167 Å². The highest BCUT2D eigenvalue weighted by Gasteiger charge is 2.23. The fraction of sp³-hybridized carbons (Fsp3) is 0.286. The van der Waals surface area contributed by atoms with Crippen molar-refractivity contribution in [3.63, 3.8) is 0 Å². The number of piperazine rings is 1.